The van der Waals surface area contributed by atoms with Gasteiger partial charge in [-0.25, -0.2) is 0 Å². The number of hydrogen-bond donors (Lipinski definition) is 3. The Hall–Kier alpha value is -1.46. The first kappa shape index (κ1) is 9.63. The fourth-order valence-corrected chi connectivity index (χ4v) is 0.786. The number of aliphatic hydroxyl groups excluding tert-OH is 1. The van der Waals surface area contributed by atoms with Crippen molar-refractivity contribution >= 4 is 11.0 Å². The molecule has 0 saturated carbocycles. The zero-order chi connectivity index (χ0) is 9.52. The number of rotatable bonds is 1. The first-order valence-corrected chi connectivity index (χ1v) is 3.95. The number of nitrogens with zero attached hydrogens (tertiary/aromatic N) is 2. The Bertz CT molecular complexity index is 314. The maximum absolute atomic E-state index is 7.75. The third-order valence-electron chi connectivity index (χ3n) is 1.35. The number of para-hydroxylation sites is 2. The van der Waals surface area contributed by atoms with E-state index < -0.39 is 0 Å². The molecule has 5 nitrogen and oxygen atoms in total. The van der Waals surface area contributed by atoms with E-state index in [0.29, 0.717) is 6.54 Å². The summed E-state index contributed by atoms with van der Waals surface area (Å²) in [5.74, 6) is 0. The largest absolute Gasteiger partial charge is 0.395 e. The van der Waals surface area contributed by atoms with E-state index >= 15 is 0 Å². The molecule has 5 heteroatoms. The first-order chi connectivity index (χ1) is 6.38. The molecule has 13 heavy (non-hydrogen) atoms. The van der Waals surface area contributed by atoms with E-state index in [0.717, 1.165) is 11.0 Å². The molecule has 1 heterocycles. The molecule has 0 radical (unpaired) electrons. The van der Waals surface area contributed by atoms with E-state index in [-0.39, 0.29) is 6.61 Å². The van der Waals surface area contributed by atoms with Crippen molar-refractivity contribution in [2.45, 2.75) is 0 Å². The highest BCUT2D eigenvalue weighted by Crippen LogP contribution is 2.03. The van der Waals surface area contributed by atoms with E-state index in [9.17, 15) is 0 Å². The van der Waals surface area contributed by atoms with E-state index in [2.05, 4.69) is 15.4 Å². The second-order valence-electron chi connectivity index (χ2n) is 2.32. The maximum atomic E-state index is 7.75. The number of hydrogen-bond acceptors (Lipinski definition) is 4. The highest BCUT2D eigenvalue weighted by atomic mass is 16.3. The summed E-state index contributed by atoms with van der Waals surface area (Å²) < 4.78 is 0. The molecule has 0 spiro atoms. The lowest BCUT2D eigenvalue weighted by molar-refractivity contribution is 0.306. The standard InChI is InChI=1S/C6H5N3.C2H7NO/c1-2-4-6-5(3-1)7-9-8-6;3-1-2-4/h1-4H,(H,7,8,9);4H,1-3H2. The van der Waals surface area contributed by atoms with Gasteiger partial charge in [0.05, 0.1) is 6.61 Å². The average molecular weight is 180 g/mol. The van der Waals surface area contributed by atoms with E-state index in [4.69, 9.17) is 10.8 Å². The normalized spacial score (nSPS) is 9.38. The van der Waals surface area contributed by atoms with Crippen molar-refractivity contribution in [1.29, 1.82) is 0 Å². The number of aliphatic hydroxyl groups is 1. The SMILES string of the molecule is NCCO.c1ccc2n[nH]nc2c1. The van der Waals surface area contributed by atoms with Gasteiger partial charge in [-0.3, -0.25) is 0 Å². The quantitative estimate of drug-likeness (QED) is 0.571. The summed E-state index contributed by atoms with van der Waals surface area (Å²) in [6.07, 6.45) is 0. The summed E-state index contributed by atoms with van der Waals surface area (Å²) in [6, 6.07) is 7.70. The third kappa shape index (κ3) is 2.81. The van der Waals surface area contributed by atoms with Gasteiger partial charge in [-0.2, -0.15) is 15.4 Å². The fraction of sp³-hybridized carbons (Fsp3) is 0.250. The van der Waals surface area contributed by atoms with Gasteiger partial charge in [-0.15, -0.1) is 0 Å². The summed E-state index contributed by atoms with van der Waals surface area (Å²) in [4.78, 5) is 0. The van der Waals surface area contributed by atoms with Crippen LogP contribution in [0.1, 0.15) is 0 Å². The van der Waals surface area contributed by atoms with Crippen LogP contribution in [0.15, 0.2) is 24.3 Å². The number of nitrogens with one attached hydrogen (secondary N) is 1. The Kier molecular flexibility index (Phi) is 3.87. The minimum Gasteiger partial charge on any atom is -0.395 e. The Morgan fingerprint density at radius 3 is 2.08 bits per heavy atom. The van der Waals surface area contributed by atoms with Crippen LogP contribution >= 0.6 is 0 Å². The molecule has 0 unspecified atom stereocenters. The van der Waals surface area contributed by atoms with Crippen LogP contribution in [0.4, 0.5) is 0 Å². The molecule has 0 aliphatic rings. The predicted octanol–water partition coefficient (Wildman–Crippen LogP) is -0.105. The van der Waals surface area contributed by atoms with Gasteiger partial charge >= 0.3 is 0 Å². The van der Waals surface area contributed by atoms with Gasteiger partial charge in [-0.1, -0.05) is 12.1 Å². The minimum absolute atomic E-state index is 0.0972. The van der Waals surface area contributed by atoms with Crippen molar-refractivity contribution in [3.05, 3.63) is 24.3 Å². The lowest BCUT2D eigenvalue weighted by Crippen LogP contribution is -2.02. The molecule has 0 fully saturated rings. The van der Waals surface area contributed by atoms with Gasteiger partial charge in [0.15, 0.2) is 0 Å². The molecule has 2 rings (SSSR count). The Balaban J connectivity index is 0.000000184. The molecule has 2 aromatic rings. The Labute approximate surface area is 75.6 Å². The Morgan fingerprint density at radius 2 is 1.69 bits per heavy atom. The molecule has 1 aromatic heterocycles. The van der Waals surface area contributed by atoms with Crippen molar-refractivity contribution in [3.8, 4) is 0 Å². The van der Waals surface area contributed by atoms with Crippen LogP contribution in [0.2, 0.25) is 0 Å². The fourth-order valence-electron chi connectivity index (χ4n) is 0.786. The lowest BCUT2D eigenvalue weighted by atomic mass is 10.3. The molecule has 4 N–H and O–H groups in total. The molecule has 0 aliphatic carbocycles. The van der Waals surface area contributed by atoms with E-state index in [1.54, 1.807) is 0 Å². The monoisotopic (exact) mass is 180 g/mol. The van der Waals surface area contributed by atoms with E-state index in [1.165, 1.54) is 0 Å². The molecule has 0 saturated heterocycles. The van der Waals surface area contributed by atoms with Crippen LogP contribution in [0.3, 0.4) is 0 Å². The zero-order valence-corrected chi connectivity index (χ0v) is 7.14. The minimum atomic E-state index is 0.0972. The molecule has 0 bridgehead atoms. The number of aromatic amines is 1. The van der Waals surface area contributed by atoms with Gasteiger partial charge in [0, 0.05) is 6.54 Å². The predicted molar refractivity (Wildman–Crippen MR) is 50.0 cm³/mol. The van der Waals surface area contributed by atoms with E-state index in [1.807, 2.05) is 24.3 Å². The van der Waals surface area contributed by atoms with Gasteiger partial charge in [-0.05, 0) is 12.1 Å². The topological polar surface area (TPSA) is 87.8 Å². The van der Waals surface area contributed by atoms with Crippen LogP contribution in [0.25, 0.3) is 11.0 Å². The van der Waals surface area contributed by atoms with Gasteiger partial charge < -0.3 is 10.8 Å². The molecule has 0 atom stereocenters. The zero-order valence-electron chi connectivity index (χ0n) is 7.14. The summed E-state index contributed by atoms with van der Waals surface area (Å²) in [5, 5.41) is 18.1. The Morgan fingerprint density at radius 1 is 1.23 bits per heavy atom. The highest BCUT2D eigenvalue weighted by Gasteiger charge is 1.90. The number of aromatic nitrogens is 3. The first-order valence-electron chi connectivity index (χ1n) is 3.95. The number of nitrogens with two attached hydrogens (primary N) is 1. The van der Waals surface area contributed by atoms with Crippen molar-refractivity contribution in [1.82, 2.24) is 15.4 Å². The summed E-state index contributed by atoms with van der Waals surface area (Å²) >= 11 is 0. The lowest BCUT2D eigenvalue weighted by Gasteiger charge is -1.78. The molecular weight excluding hydrogens is 168 g/mol. The van der Waals surface area contributed by atoms with Gasteiger partial charge in [0.25, 0.3) is 0 Å². The number of H-pyrrole nitrogens is 1. The molecule has 0 amide bonds. The summed E-state index contributed by atoms with van der Waals surface area (Å²) in [5.41, 5.74) is 6.61. The molecular formula is C8H12N4O. The number of fused-ring (bicyclic) bond motifs is 1. The molecule has 1 aromatic carbocycles. The second-order valence-corrected chi connectivity index (χ2v) is 2.32. The third-order valence-corrected chi connectivity index (χ3v) is 1.35. The average Bonchev–Trinajstić information content (AvgIpc) is 2.66. The van der Waals surface area contributed by atoms with Crippen LogP contribution in [-0.2, 0) is 0 Å². The summed E-state index contributed by atoms with van der Waals surface area (Å²) in [6.45, 7) is 0.472. The summed E-state index contributed by atoms with van der Waals surface area (Å²) in [7, 11) is 0. The van der Waals surface area contributed by atoms with Crippen molar-refractivity contribution in [2.75, 3.05) is 13.2 Å². The van der Waals surface area contributed by atoms with Crippen LogP contribution in [-0.4, -0.2) is 33.7 Å². The number of benzene rings is 1. The van der Waals surface area contributed by atoms with Crippen molar-refractivity contribution < 1.29 is 5.11 Å². The molecule has 70 valence electrons. The van der Waals surface area contributed by atoms with Crippen LogP contribution in [0.5, 0.6) is 0 Å². The van der Waals surface area contributed by atoms with Crippen LogP contribution in [0, 0.1) is 0 Å². The van der Waals surface area contributed by atoms with Gasteiger partial charge in [0.1, 0.15) is 11.0 Å². The van der Waals surface area contributed by atoms with Gasteiger partial charge in [0.2, 0.25) is 0 Å². The maximum Gasteiger partial charge on any atom is 0.112 e. The van der Waals surface area contributed by atoms with Crippen molar-refractivity contribution in [2.24, 2.45) is 5.73 Å². The highest BCUT2D eigenvalue weighted by molar-refractivity contribution is 5.72. The molecule has 0 aliphatic heterocycles. The van der Waals surface area contributed by atoms with Crippen LogP contribution < -0.4 is 5.73 Å². The second kappa shape index (κ2) is 5.23. The smallest absolute Gasteiger partial charge is 0.112 e. The van der Waals surface area contributed by atoms with Crippen molar-refractivity contribution in [3.63, 3.8) is 0 Å².